The van der Waals surface area contributed by atoms with E-state index in [0.717, 1.165) is 37.4 Å². The van der Waals surface area contributed by atoms with Gasteiger partial charge >= 0.3 is 0 Å². The maximum absolute atomic E-state index is 5.88. The maximum Gasteiger partial charge on any atom is 0.223 e. The summed E-state index contributed by atoms with van der Waals surface area (Å²) in [6, 6.07) is 12.0. The van der Waals surface area contributed by atoms with Crippen LogP contribution in [0.1, 0.15) is 18.1 Å². The van der Waals surface area contributed by atoms with Crippen LogP contribution in [0.5, 0.6) is 11.6 Å². The van der Waals surface area contributed by atoms with E-state index >= 15 is 0 Å². The van der Waals surface area contributed by atoms with Crippen molar-refractivity contribution in [2.24, 2.45) is 0 Å². The smallest absolute Gasteiger partial charge is 0.223 e. The number of ether oxygens (including phenoxy) is 2. The third kappa shape index (κ3) is 4.85. The highest BCUT2D eigenvalue weighted by atomic mass is 16.5. The van der Waals surface area contributed by atoms with Gasteiger partial charge in [0.1, 0.15) is 5.75 Å². The van der Waals surface area contributed by atoms with Gasteiger partial charge in [-0.25, -0.2) is 4.98 Å². The van der Waals surface area contributed by atoms with Crippen LogP contribution in [-0.2, 0) is 17.7 Å². The van der Waals surface area contributed by atoms with Gasteiger partial charge in [-0.2, -0.15) is 0 Å². The Labute approximate surface area is 126 Å². The molecule has 4 heteroatoms. The lowest BCUT2D eigenvalue weighted by Gasteiger charge is -2.10. The zero-order valence-corrected chi connectivity index (χ0v) is 12.6. The molecule has 0 unspecified atom stereocenters. The molecule has 0 fully saturated rings. The lowest BCUT2D eigenvalue weighted by molar-refractivity contribution is 0.202. The number of hydrogen-bond donors (Lipinski definition) is 1. The van der Waals surface area contributed by atoms with E-state index in [9.17, 15) is 0 Å². The Morgan fingerprint density at radius 3 is 2.67 bits per heavy atom. The quantitative estimate of drug-likeness (QED) is 0.809. The number of aromatic nitrogens is 1. The van der Waals surface area contributed by atoms with E-state index in [-0.39, 0.29) is 0 Å². The van der Waals surface area contributed by atoms with Crippen LogP contribution in [0.4, 0.5) is 0 Å². The highest BCUT2D eigenvalue weighted by Crippen LogP contribution is 2.23. The lowest BCUT2D eigenvalue weighted by atomic mass is 10.1. The molecule has 0 amide bonds. The Hall–Kier alpha value is -1.91. The van der Waals surface area contributed by atoms with Gasteiger partial charge in [0.25, 0.3) is 0 Å². The van der Waals surface area contributed by atoms with Gasteiger partial charge in [-0.15, -0.1) is 0 Å². The summed E-state index contributed by atoms with van der Waals surface area (Å²) in [6.45, 7) is 4.48. The first-order chi connectivity index (χ1) is 10.3. The largest absolute Gasteiger partial charge is 0.439 e. The lowest BCUT2D eigenvalue weighted by Crippen LogP contribution is -2.12. The molecule has 0 saturated heterocycles. The summed E-state index contributed by atoms with van der Waals surface area (Å²) in [5.41, 5.74) is 2.29. The zero-order chi connectivity index (χ0) is 14.9. The van der Waals surface area contributed by atoms with Gasteiger partial charge in [0.2, 0.25) is 5.88 Å². The molecule has 0 saturated carbocycles. The molecule has 0 atom stereocenters. The molecule has 21 heavy (non-hydrogen) atoms. The van der Waals surface area contributed by atoms with Gasteiger partial charge in [0.05, 0.1) is 6.61 Å². The molecule has 112 valence electrons. The molecule has 1 aromatic carbocycles. The van der Waals surface area contributed by atoms with Gasteiger partial charge in [0.15, 0.2) is 0 Å². The summed E-state index contributed by atoms with van der Waals surface area (Å²) in [5.74, 6) is 1.45. The second-order valence-electron chi connectivity index (χ2n) is 4.74. The molecule has 0 aliphatic carbocycles. The first-order valence-electron chi connectivity index (χ1n) is 7.24. The minimum absolute atomic E-state index is 0.656. The molecule has 1 N–H and O–H groups in total. The first kappa shape index (κ1) is 15.5. The monoisotopic (exact) mass is 286 g/mol. The van der Waals surface area contributed by atoms with Gasteiger partial charge in [0, 0.05) is 25.4 Å². The average molecular weight is 286 g/mol. The number of pyridine rings is 1. The molecular weight excluding hydrogens is 264 g/mol. The molecule has 2 aromatic rings. The van der Waals surface area contributed by atoms with Crippen molar-refractivity contribution in [1.82, 2.24) is 10.3 Å². The molecule has 2 rings (SSSR count). The average Bonchev–Trinajstić information content (AvgIpc) is 2.53. The van der Waals surface area contributed by atoms with Crippen molar-refractivity contribution in [2.45, 2.75) is 19.9 Å². The van der Waals surface area contributed by atoms with Crippen LogP contribution >= 0.6 is 0 Å². The minimum atomic E-state index is 0.656. The van der Waals surface area contributed by atoms with Gasteiger partial charge in [-0.3, -0.25) is 0 Å². The fraction of sp³-hybridized carbons (Fsp3) is 0.353. The van der Waals surface area contributed by atoms with E-state index in [1.807, 2.05) is 24.3 Å². The molecule has 1 aromatic heterocycles. The number of rotatable bonds is 8. The topological polar surface area (TPSA) is 43.4 Å². The third-order valence-corrected chi connectivity index (χ3v) is 3.15. The number of methoxy groups -OCH3 is 1. The molecule has 1 heterocycles. The minimum Gasteiger partial charge on any atom is -0.439 e. The Morgan fingerprint density at radius 1 is 1.14 bits per heavy atom. The summed E-state index contributed by atoms with van der Waals surface area (Å²) >= 11 is 0. The second kappa shape index (κ2) is 8.39. The fourth-order valence-electron chi connectivity index (χ4n) is 1.97. The van der Waals surface area contributed by atoms with Crippen LogP contribution in [-0.4, -0.2) is 25.2 Å². The molecule has 0 aliphatic rings. The normalized spacial score (nSPS) is 10.6. The highest BCUT2D eigenvalue weighted by molar-refractivity contribution is 5.34. The third-order valence-electron chi connectivity index (χ3n) is 3.15. The highest BCUT2D eigenvalue weighted by Gasteiger charge is 2.05. The molecule has 0 radical (unpaired) electrons. The van der Waals surface area contributed by atoms with E-state index in [1.165, 1.54) is 5.56 Å². The maximum atomic E-state index is 5.88. The summed E-state index contributed by atoms with van der Waals surface area (Å²) < 4.78 is 11.0. The number of benzene rings is 1. The van der Waals surface area contributed by atoms with Crippen molar-refractivity contribution in [2.75, 3.05) is 20.3 Å². The molecule has 0 aliphatic heterocycles. The van der Waals surface area contributed by atoms with Gasteiger partial charge in [-0.05, 0) is 36.7 Å². The van der Waals surface area contributed by atoms with Crippen LogP contribution in [0.2, 0.25) is 0 Å². The number of hydrogen-bond acceptors (Lipinski definition) is 4. The Bertz CT molecular complexity index is 541. The standard InChI is InChI=1S/C17H22N2O2/c1-3-18-13-15-5-4-11-19-17(15)21-16-8-6-14(7-9-16)10-12-20-2/h4-9,11,18H,3,10,12-13H2,1-2H3. The Morgan fingerprint density at radius 2 is 1.95 bits per heavy atom. The van der Waals surface area contributed by atoms with E-state index < -0.39 is 0 Å². The van der Waals surface area contributed by atoms with Crippen LogP contribution in [0.25, 0.3) is 0 Å². The van der Waals surface area contributed by atoms with Crippen molar-refractivity contribution in [3.8, 4) is 11.6 Å². The summed E-state index contributed by atoms with van der Waals surface area (Å²) in [6.07, 6.45) is 2.66. The Balaban J connectivity index is 2.04. The summed E-state index contributed by atoms with van der Waals surface area (Å²) in [5, 5.41) is 3.29. The second-order valence-corrected chi connectivity index (χ2v) is 4.74. The van der Waals surface area contributed by atoms with E-state index in [4.69, 9.17) is 9.47 Å². The van der Waals surface area contributed by atoms with E-state index in [2.05, 4.69) is 29.4 Å². The molecule has 0 spiro atoms. The van der Waals surface area contributed by atoms with E-state index in [0.29, 0.717) is 5.88 Å². The molecule has 0 bridgehead atoms. The van der Waals surface area contributed by atoms with Crippen LogP contribution in [0.3, 0.4) is 0 Å². The zero-order valence-electron chi connectivity index (χ0n) is 12.6. The van der Waals surface area contributed by atoms with Gasteiger partial charge in [-0.1, -0.05) is 25.1 Å². The van der Waals surface area contributed by atoms with Crippen molar-refractivity contribution in [3.05, 3.63) is 53.7 Å². The summed E-state index contributed by atoms with van der Waals surface area (Å²) in [4.78, 5) is 4.32. The van der Waals surface area contributed by atoms with Crippen LogP contribution < -0.4 is 10.1 Å². The number of nitrogens with one attached hydrogen (secondary N) is 1. The molecule has 4 nitrogen and oxygen atoms in total. The van der Waals surface area contributed by atoms with Crippen molar-refractivity contribution in [3.63, 3.8) is 0 Å². The number of nitrogens with zero attached hydrogens (tertiary/aromatic N) is 1. The van der Waals surface area contributed by atoms with Crippen LogP contribution in [0.15, 0.2) is 42.6 Å². The Kier molecular flexibility index (Phi) is 6.19. The predicted octanol–water partition coefficient (Wildman–Crippen LogP) is 3.17. The first-order valence-corrected chi connectivity index (χ1v) is 7.24. The fourth-order valence-corrected chi connectivity index (χ4v) is 1.97. The predicted molar refractivity (Wildman–Crippen MR) is 83.7 cm³/mol. The van der Waals surface area contributed by atoms with E-state index in [1.54, 1.807) is 13.3 Å². The van der Waals surface area contributed by atoms with Crippen LogP contribution in [0, 0.1) is 0 Å². The summed E-state index contributed by atoms with van der Waals surface area (Å²) in [7, 11) is 1.71. The van der Waals surface area contributed by atoms with Crippen molar-refractivity contribution >= 4 is 0 Å². The van der Waals surface area contributed by atoms with Crippen molar-refractivity contribution < 1.29 is 9.47 Å². The SMILES string of the molecule is CCNCc1cccnc1Oc1ccc(CCOC)cc1. The van der Waals surface area contributed by atoms with Gasteiger partial charge < -0.3 is 14.8 Å². The molecular formula is C17H22N2O2. The van der Waals surface area contributed by atoms with Crippen molar-refractivity contribution in [1.29, 1.82) is 0 Å².